The van der Waals surface area contributed by atoms with Crippen LogP contribution < -0.4 is 10.1 Å². The second-order valence-electron chi connectivity index (χ2n) is 7.53. The molecule has 0 saturated carbocycles. The van der Waals surface area contributed by atoms with Gasteiger partial charge >= 0.3 is 5.97 Å². The first-order chi connectivity index (χ1) is 15.3. The minimum Gasteiger partial charge on any atom is -0.484 e. The summed E-state index contributed by atoms with van der Waals surface area (Å²) in [5.74, 6) is 0.151. The molecule has 0 atom stereocenters. The molecule has 1 aromatic heterocycles. The van der Waals surface area contributed by atoms with E-state index in [1.54, 1.807) is 19.1 Å². The van der Waals surface area contributed by atoms with Crippen LogP contribution in [-0.2, 0) is 9.53 Å². The highest BCUT2D eigenvalue weighted by Crippen LogP contribution is 2.40. The second kappa shape index (κ2) is 10.7. The predicted octanol–water partition coefficient (Wildman–Crippen LogP) is 6.69. The number of amides is 1. The van der Waals surface area contributed by atoms with E-state index in [1.165, 1.54) is 11.3 Å². The summed E-state index contributed by atoms with van der Waals surface area (Å²) in [6.07, 6.45) is 0. The van der Waals surface area contributed by atoms with Crippen LogP contribution >= 0.6 is 22.9 Å². The van der Waals surface area contributed by atoms with Crippen LogP contribution in [0.2, 0.25) is 5.02 Å². The summed E-state index contributed by atoms with van der Waals surface area (Å²) < 4.78 is 10.9. The van der Waals surface area contributed by atoms with Gasteiger partial charge in [-0.1, -0.05) is 49.7 Å². The number of carbonyl (C=O) groups is 2. The van der Waals surface area contributed by atoms with E-state index >= 15 is 0 Å². The molecule has 0 unspecified atom stereocenters. The Morgan fingerprint density at radius 3 is 2.50 bits per heavy atom. The van der Waals surface area contributed by atoms with Gasteiger partial charge in [0.2, 0.25) is 0 Å². The number of carbonyl (C=O) groups excluding carboxylic acids is 2. The Kier molecular flexibility index (Phi) is 7.94. The Hall–Kier alpha value is -2.83. The maximum atomic E-state index is 12.8. The number of aryl methyl sites for hydroxylation is 1. The number of benzene rings is 2. The lowest BCUT2D eigenvalue weighted by atomic mass is 10.0. The van der Waals surface area contributed by atoms with Crippen LogP contribution in [0.25, 0.3) is 11.1 Å². The number of ether oxygens (including phenoxy) is 2. The Morgan fingerprint density at radius 1 is 1.12 bits per heavy atom. The molecule has 0 aliphatic carbocycles. The van der Waals surface area contributed by atoms with Crippen LogP contribution in [0.5, 0.6) is 5.75 Å². The third-order valence-electron chi connectivity index (χ3n) is 4.84. The maximum absolute atomic E-state index is 12.8. The molecule has 5 nitrogen and oxygen atoms in total. The van der Waals surface area contributed by atoms with Gasteiger partial charge in [0.05, 0.1) is 6.61 Å². The van der Waals surface area contributed by atoms with Gasteiger partial charge in [0, 0.05) is 15.5 Å². The summed E-state index contributed by atoms with van der Waals surface area (Å²) in [6.45, 7) is 7.91. The summed E-state index contributed by atoms with van der Waals surface area (Å²) in [4.78, 5) is 26.3. The van der Waals surface area contributed by atoms with E-state index in [0.29, 0.717) is 27.3 Å². The first-order valence-electron chi connectivity index (χ1n) is 10.4. The van der Waals surface area contributed by atoms with Crippen LogP contribution in [0, 0.1) is 6.92 Å². The monoisotopic (exact) mass is 471 g/mol. The third-order valence-corrected chi connectivity index (χ3v) is 6.12. The summed E-state index contributed by atoms with van der Waals surface area (Å²) in [5, 5.41) is 3.87. The van der Waals surface area contributed by atoms with Crippen molar-refractivity contribution in [3.8, 4) is 16.9 Å². The normalized spacial score (nSPS) is 10.8. The highest BCUT2D eigenvalue weighted by atomic mass is 35.5. The Labute approximate surface area is 197 Å². The summed E-state index contributed by atoms with van der Waals surface area (Å²) in [7, 11) is 0. The minimum absolute atomic E-state index is 0.170. The van der Waals surface area contributed by atoms with Gasteiger partial charge in [0.25, 0.3) is 5.91 Å². The summed E-state index contributed by atoms with van der Waals surface area (Å²) in [6, 6.07) is 14.9. The number of nitrogens with one attached hydrogen (secondary N) is 1. The molecule has 168 valence electrons. The molecule has 3 aromatic rings. The first kappa shape index (κ1) is 23.8. The van der Waals surface area contributed by atoms with Crippen LogP contribution in [0.4, 0.5) is 5.00 Å². The van der Waals surface area contributed by atoms with Crippen molar-refractivity contribution < 1.29 is 19.1 Å². The van der Waals surface area contributed by atoms with E-state index in [1.807, 2.05) is 43.3 Å². The highest BCUT2D eigenvalue weighted by molar-refractivity contribution is 7.17. The average Bonchev–Trinajstić information content (AvgIpc) is 3.08. The van der Waals surface area contributed by atoms with Crippen molar-refractivity contribution in [2.75, 3.05) is 18.5 Å². The molecule has 0 saturated heterocycles. The zero-order chi connectivity index (χ0) is 23.3. The van der Waals surface area contributed by atoms with Gasteiger partial charge in [0.1, 0.15) is 16.3 Å². The molecule has 0 aliphatic rings. The van der Waals surface area contributed by atoms with Crippen molar-refractivity contribution in [3.63, 3.8) is 0 Å². The molecule has 2 aromatic carbocycles. The minimum atomic E-state index is -0.484. The molecule has 7 heteroatoms. The molecule has 0 radical (unpaired) electrons. The Balaban J connectivity index is 1.83. The van der Waals surface area contributed by atoms with Crippen molar-refractivity contribution in [1.29, 1.82) is 0 Å². The van der Waals surface area contributed by atoms with E-state index in [2.05, 4.69) is 19.2 Å². The SMILES string of the molecule is CCOC(=O)c1c(NC(=O)COc2cccc(C(C)C)c2)sc(C)c1-c1ccc(Cl)cc1. The number of esters is 1. The van der Waals surface area contributed by atoms with Crippen LogP contribution in [-0.4, -0.2) is 25.1 Å². The van der Waals surface area contributed by atoms with Gasteiger partial charge in [-0.15, -0.1) is 11.3 Å². The van der Waals surface area contributed by atoms with Gasteiger partial charge in [0.15, 0.2) is 6.61 Å². The van der Waals surface area contributed by atoms with E-state index in [0.717, 1.165) is 21.6 Å². The van der Waals surface area contributed by atoms with E-state index in [9.17, 15) is 9.59 Å². The molecular weight excluding hydrogens is 446 g/mol. The van der Waals surface area contributed by atoms with Crippen LogP contribution in [0.15, 0.2) is 48.5 Å². The second-order valence-corrected chi connectivity index (χ2v) is 9.19. The lowest BCUT2D eigenvalue weighted by molar-refractivity contribution is -0.118. The number of halogens is 1. The Morgan fingerprint density at radius 2 is 1.84 bits per heavy atom. The standard InChI is InChI=1S/C25H26ClNO4S/c1-5-30-25(29)23-22(17-9-11-19(26)12-10-17)16(4)32-24(23)27-21(28)14-31-20-8-6-7-18(13-20)15(2)3/h6-13,15H,5,14H2,1-4H3,(H,27,28). The zero-order valence-electron chi connectivity index (χ0n) is 18.5. The van der Waals surface area contributed by atoms with Crippen molar-refractivity contribution in [1.82, 2.24) is 0 Å². The van der Waals surface area contributed by atoms with Crippen molar-refractivity contribution >= 4 is 39.8 Å². The summed E-state index contributed by atoms with van der Waals surface area (Å²) >= 11 is 7.35. The third kappa shape index (κ3) is 5.69. The molecular formula is C25H26ClNO4S. The van der Waals surface area contributed by atoms with Crippen molar-refractivity contribution in [3.05, 3.63) is 69.6 Å². The number of hydrogen-bond acceptors (Lipinski definition) is 5. The highest BCUT2D eigenvalue weighted by Gasteiger charge is 2.25. The van der Waals surface area contributed by atoms with Gasteiger partial charge < -0.3 is 14.8 Å². The van der Waals surface area contributed by atoms with Crippen molar-refractivity contribution in [2.45, 2.75) is 33.6 Å². The largest absolute Gasteiger partial charge is 0.484 e. The number of hydrogen-bond donors (Lipinski definition) is 1. The molecule has 0 bridgehead atoms. The molecule has 1 N–H and O–H groups in total. The topological polar surface area (TPSA) is 64.6 Å². The zero-order valence-corrected chi connectivity index (χ0v) is 20.1. The fraction of sp³-hybridized carbons (Fsp3) is 0.280. The number of thiophene rings is 1. The number of anilines is 1. The molecule has 32 heavy (non-hydrogen) atoms. The fourth-order valence-corrected chi connectivity index (χ4v) is 4.48. The molecule has 1 heterocycles. The maximum Gasteiger partial charge on any atom is 0.341 e. The fourth-order valence-electron chi connectivity index (χ4n) is 3.27. The average molecular weight is 472 g/mol. The van der Waals surface area contributed by atoms with E-state index in [-0.39, 0.29) is 19.1 Å². The number of rotatable bonds is 8. The molecule has 3 rings (SSSR count). The van der Waals surface area contributed by atoms with E-state index < -0.39 is 5.97 Å². The van der Waals surface area contributed by atoms with Gasteiger partial charge in [-0.05, 0) is 55.2 Å². The van der Waals surface area contributed by atoms with Gasteiger partial charge in [-0.25, -0.2) is 4.79 Å². The van der Waals surface area contributed by atoms with Crippen LogP contribution in [0.1, 0.15) is 47.5 Å². The first-order valence-corrected chi connectivity index (χ1v) is 11.6. The summed E-state index contributed by atoms with van der Waals surface area (Å²) in [5.41, 5.74) is 3.03. The quantitative estimate of drug-likeness (QED) is 0.371. The predicted molar refractivity (Wildman–Crippen MR) is 130 cm³/mol. The van der Waals surface area contributed by atoms with E-state index in [4.69, 9.17) is 21.1 Å². The van der Waals surface area contributed by atoms with Gasteiger partial charge in [-0.3, -0.25) is 4.79 Å². The molecule has 0 spiro atoms. The van der Waals surface area contributed by atoms with Gasteiger partial charge in [-0.2, -0.15) is 0 Å². The Bertz CT molecular complexity index is 1110. The van der Waals surface area contributed by atoms with Crippen molar-refractivity contribution in [2.24, 2.45) is 0 Å². The lowest BCUT2D eigenvalue weighted by Crippen LogP contribution is -2.21. The molecule has 0 aliphatic heterocycles. The molecule has 0 fully saturated rings. The lowest BCUT2D eigenvalue weighted by Gasteiger charge is -2.11. The van der Waals surface area contributed by atoms with Crippen LogP contribution in [0.3, 0.4) is 0 Å². The molecule has 1 amide bonds. The smallest absolute Gasteiger partial charge is 0.341 e.